The van der Waals surface area contributed by atoms with Crippen LogP contribution in [0.2, 0.25) is 0 Å². The van der Waals surface area contributed by atoms with Gasteiger partial charge in [0.05, 0.1) is 23.4 Å². The Morgan fingerprint density at radius 1 is 1.12 bits per heavy atom. The third-order valence-electron chi connectivity index (χ3n) is 3.14. The Hall–Kier alpha value is -2.38. The number of para-hydroxylation sites is 1. The Labute approximate surface area is 147 Å². The monoisotopic (exact) mass is 393 g/mol. The fourth-order valence-electron chi connectivity index (χ4n) is 2.01. The van der Waals surface area contributed by atoms with Crippen LogP contribution in [0.1, 0.15) is 20.7 Å². The highest BCUT2D eigenvalue weighted by Gasteiger charge is 2.17. The number of hydrogen-bond acceptors (Lipinski definition) is 4. The summed E-state index contributed by atoms with van der Waals surface area (Å²) < 4.78 is 11.2. The zero-order valence-electron chi connectivity index (χ0n) is 12.9. The van der Waals surface area contributed by atoms with Crippen molar-refractivity contribution in [2.45, 2.75) is 0 Å². The first-order valence-electron chi connectivity index (χ1n) is 7.08. The summed E-state index contributed by atoms with van der Waals surface area (Å²) in [7, 11) is 1.56. The molecule has 0 aromatic heterocycles. The molecule has 0 bridgehead atoms. The second-order valence-corrected chi connectivity index (χ2v) is 5.70. The van der Waals surface area contributed by atoms with E-state index < -0.39 is 11.9 Å². The first-order valence-corrected chi connectivity index (χ1v) is 7.87. The first kappa shape index (κ1) is 18.0. The number of methoxy groups -OCH3 is 1. The van der Waals surface area contributed by atoms with E-state index in [0.29, 0.717) is 29.0 Å². The lowest BCUT2D eigenvalue weighted by Crippen LogP contribution is -2.17. The van der Waals surface area contributed by atoms with Crippen LogP contribution in [0, 0.1) is 0 Å². The fraction of sp³-hybridized carbons (Fsp3) is 0.176. The van der Waals surface area contributed by atoms with Gasteiger partial charge in [0.1, 0.15) is 12.4 Å². The standard InChI is InChI=1S/C17H16BrNO5/c1-23-8-9-24-15-7-6-11(18)10-13(15)16(20)19-14-5-3-2-4-12(14)17(21)22/h2-7,10H,8-9H2,1H3,(H,19,20)(H,21,22). The molecule has 2 aromatic rings. The highest BCUT2D eigenvalue weighted by atomic mass is 79.9. The maximum atomic E-state index is 12.6. The summed E-state index contributed by atoms with van der Waals surface area (Å²) in [4.78, 5) is 23.8. The second kappa shape index (κ2) is 8.47. The zero-order chi connectivity index (χ0) is 17.5. The van der Waals surface area contributed by atoms with Gasteiger partial charge in [-0.15, -0.1) is 0 Å². The van der Waals surface area contributed by atoms with Crippen molar-refractivity contribution < 1.29 is 24.2 Å². The van der Waals surface area contributed by atoms with Crippen LogP contribution >= 0.6 is 15.9 Å². The van der Waals surface area contributed by atoms with E-state index in [0.717, 1.165) is 0 Å². The van der Waals surface area contributed by atoms with Crippen molar-refractivity contribution in [1.29, 1.82) is 0 Å². The van der Waals surface area contributed by atoms with Gasteiger partial charge >= 0.3 is 5.97 Å². The number of nitrogens with one attached hydrogen (secondary N) is 1. The quantitative estimate of drug-likeness (QED) is 0.703. The Balaban J connectivity index is 2.26. The molecule has 2 rings (SSSR count). The van der Waals surface area contributed by atoms with E-state index in [4.69, 9.17) is 9.47 Å². The number of amides is 1. The fourth-order valence-corrected chi connectivity index (χ4v) is 2.37. The number of carboxylic acids is 1. The molecule has 0 aliphatic heterocycles. The van der Waals surface area contributed by atoms with Crippen LogP contribution in [0.25, 0.3) is 0 Å². The molecule has 7 heteroatoms. The van der Waals surface area contributed by atoms with E-state index in [1.165, 1.54) is 12.1 Å². The van der Waals surface area contributed by atoms with E-state index in [-0.39, 0.29) is 11.3 Å². The van der Waals surface area contributed by atoms with Crippen molar-refractivity contribution >= 4 is 33.5 Å². The van der Waals surface area contributed by atoms with Crippen LogP contribution in [-0.4, -0.2) is 37.3 Å². The van der Waals surface area contributed by atoms with Crippen LogP contribution in [0.5, 0.6) is 5.75 Å². The van der Waals surface area contributed by atoms with Gasteiger partial charge in [0.25, 0.3) is 5.91 Å². The number of aromatic carboxylic acids is 1. The number of carboxylic acid groups (broad SMARTS) is 1. The van der Waals surface area contributed by atoms with Gasteiger partial charge in [-0.05, 0) is 30.3 Å². The SMILES string of the molecule is COCCOc1ccc(Br)cc1C(=O)Nc1ccccc1C(=O)O. The van der Waals surface area contributed by atoms with Gasteiger partial charge in [-0.3, -0.25) is 4.79 Å². The second-order valence-electron chi connectivity index (χ2n) is 4.79. The lowest BCUT2D eigenvalue weighted by Gasteiger charge is -2.13. The van der Waals surface area contributed by atoms with Crippen LogP contribution in [0.3, 0.4) is 0 Å². The molecule has 0 spiro atoms. The summed E-state index contributed by atoms with van der Waals surface area (Å²) >= 11 is 3.32. The Morgan fingerprint density at radius 3 is 2.58 bits per heavy atom. The lowest BCUT2D eigenvalue weighted by atomic mass is 10.1. The summed E-state index contributed by atoms with van der Waals surface area (Å²) in [5.74, 6) is -1.19. The van der Waals surface area contributed by atoms with E-state index >= 15 is 0 Å². The summed E-state index contributed by atoms with van der Waals surface area (Å²) in [5, 5.41) is 11.8. The number of ether oxygens (including phenoxy) is 2. The third kappa shape index (κ3) is 4.56. The Kier molecular flexibility index (Phi) is 6.34. The van der Waals surface area contributed by atoms with Crippen molar-refractivity contribution in [1.82, 2.24) is 0 Å². The highest BCUT2D eigenvalue weighted by molar-refractivity contribution is 9.10. The number of halogens is 1. The van der Waals surface area contributed by atoms with Crippen LogP contribution in [0.15, 0.2) is 46.9 Å². The number of benzene rings is 2. The van der Waals surface area contributed by atoms with Gasteiger partial charge in [0.15, 0.2) is 0 Å². The van der Waals surface area contributed by atoms with Crippen molar-refractivity contribution in [2.24, 2.45) is 0 Å². The minimum Gasteiger partial charge on any atom is -0.490 e. The Morgan fingerprint density at radius 2 is 1.88 bits per heavy atom. The maximum Gasteiger partial charge on any atom is 0.337 e. The molecule has 0 atom stereocenters. The van der Waals surface area contributed by atoms with E-state index in [1.54, 1.807) is 37.4 Å². The van der Waals surface area contributed by atoms with Crippen molar-refractivity contribution in [3.63, 3.8) is 0 Å². The van der Waals surface area contributed by atoms with Crippen LogP contribution in [-0.2, 0) is 4.74 Å². The van der Waals surface area contributed by atoms with Crippen LogP contribution < -0.4 is 10.1 Å². The van der Waals surface area contributed by atoms with Gasteiger partial charge < -0.3 is 19.9 Å². The molecule has 0 aliphatic rings. The normalized spacial score (nSPS) is 10.2. The number of rotatable bonds is 7. The number of anilines is 1. The van der Waals surface area contributed by atoms with E-state index in [1.807, 2.05) is 0 Å². The van der Waals surface area contributed by atoms with Gasteiger partial charge in [-0.2, -0.15) is 0 Å². The van der Waals surface area contributed by atoms with Gasteiger partial charge in [0.2, 0.25) is 0 Å². The number of carbonyl (C=O) groups is 2. The molecular weight excluding hydrogens is 378 g/mol. The summed E-state index contributed by atoms with van der Waals surface area (Å²) in [6.45, 7) is 0.684. The van der Waals surface area contributed by atoms with Gasteiger partial charge in [0, 0.05) is 11.6 Å². The average Bonchev–Trinajstić information content (AvgIpc) is 2.56. The first-order chi connectivity index (χ1) is 11.5. The molecule has 126 valence electrons. The maximum absolute atomic E-state index is 12.6. The zero-order valence-corrected chi connectivity index (χ0v) is 14.5. The minimum atomic E-state index is -1.11. The molecule has 6 nitrogen and oxygen atoms in total. The van der Waals surface area contributed by atoms with Crippen molar-refractivity contribution in [2.75, 3.05) is 25.6 Å². The van der Waals surface area contributed by atoms with Crippen molar-refractivity contribution in [3.8, 4) is 5.75 Å². The molecule has 0 unspecified atom stereocenters. The van der Waals surface area contributed by atoms with Gasteiger partial charge in [-0.1, -0.05) is 28.1 Å². The summed E-state index contributed by atoms with van der Waals surface area (Å²) in [6.07, 6.45) is 0. The van der Waals surface area contributed by atoms with E-state index in [9.17, 15) is 14.7 Å². The number of carbonyl (C=O) groups excluding carboxylic acids is 1. The average molecular weight is 394 g/mol. The minimum absolute atomic E-state index is 0.0164. The Bertz CT molecular complexity index is 748. The van der Waals surface area contributed by atoms with Crippen molar-refractivity contribution in [3.05, 3.63) is 58.1 Å². The molecule has 0 heterocycles. The smallest absolute Gasteiger partial charge is 0.337 e. The molecule has 0 aliphatic carbocycles. The summed E-state index contributed by atoms with van der Waals surface area (Å²) in [5.41, 5.74) is 0.529. The summed E-state index contributed by atoms with van der Waals surface area (Å²) in [6, 6.07) is 11.2. The molecule has 24 heavy (non-hydrogen) atoms. The predicted octanol–water partition coefficient (Wildman–Crippen LogP) is 3.42. The predicted molar refractivity (Wildman–Crippen MR) is 92.9 cm³/mol. The molecule has 1 amide bonds. The van der Waals surface area contributed by atoms with Gasteiger partial charge in [-0.25, -0.2) is 4.79 Å². The molecule has 2 aromatic carbocycles. The lowest BCUT2D eigenvalue weighted by molar-refractivity contribution is 0.0698. The molecule has 0 fully saturated rings. The van der Waals surface area contributed by atoms with E-state index in [2.05, 4.69) is 21.2 Å². The largest absolute Gasteiger partial charge is 0.490 e. The molecule has 0 saturated heterocycles. The molecule has 0 saturated carbocycles. The third-order valence-corrected chi connectivity index (χ3v) is 3.63. The molecule has 0 radical (unpaired) electrons. The molecular formula is C17H16BrNO5. The topological polar surface area (TPSA) is 84.9 Å². The molecule has 2 N–H and O–H groups in total. The number of hydrogen-bond donors (Lipinski definition) is 2. The highest BCUT2D eigenvalue weighted by Crippen LogP contribution is 2.25. The van der Waals surface area contributed by atoms with Crippen LogP contribution in [0.4, 0.5) is 5.69 Å².